The van der Waals surface area contributed by atoms with E-state index >= 15 is 0 Å². The number of carbonyl (C=O) groups excluding carboxylic acids is 1. The van der Waals surface area contributed by atoms with Gasteiger partial charge >= 0.3 is 0 Å². The fraction of sp³-hybridized carbons (Fsp3) is 0.476. The van der Waals surface area contributed by atoms with Crippen LogP contribution in [0.3, 0.4) is 0 Å². The molecule has 0 atom stereocenters. The first-order chi connectivity index (χ1) is 10.3. The Morgan fingerprint density at radius 3 is 2.27 bits per heavy atom. The zero-order valence-corrected chi connectivity index (χ0v) is 15.0. The SMILES string of the molecule is CC1=C(/C=C/C(C)=[13C](C)/C=C/C([13CH3])=C/C=O)C(C)(C)CCC1. The zero-order valence-electron chi connectivity index (χ0n) is 15.0. The van der Waals surface area contributed by atoms with E-state index in [1.807, 2.05) is 13.0 Å². The average Bonchev–Trinajstić information content (AvgIpc) is 2.43. The molecule has 0 amide bonds. The first-order valence-electron chi connectivity index (χ1n) is 8.14. The van der Waals surface area contributed by atoms with Crippen LogP contribution in [0.1, 0.15) is 60.8 Å². The number of rotatable bonds is 5. The van der Waals surface area contributed by atoms with Crippen LogP contribution < -0.4 is 0 Å². The molecule has 0 radical (unpaired) electrons. The predicted molar refractivity (Wildman–Crippen MR) is 96.8 cm³/mol. The molecule has 0 aliphatic heterocycles. The van der Waals surface area contributed by atoms with Crippen LogP contribution in [0.15, 0.2) is 58.2 Å². The van der Waals surface area contributed by atoms with Gasteiger partial charge in [0.15, 0.2) is 0 Å². The van der Waals surface area contributed by atoms with E-state index in [4.69, 9.17) is 0 Å². The average molecular weight is 300 g/mol. The van der Waals surface area contributed by atoms with Crippen LogP contribution >= 0.6 is 0 Å². The standard InChI is InChI=1S/C21H30O/c1-16(13-15-22)9-10-17(2)18(3)11-12-20-19(4)8-7-14-21(20,5)6/h9-13,15H,7-8,14H2,1-6H3/b10-9+,12-11+,16-13+,18-17+/i1+1,17+1. The molecule has 1 heteroatoms. The molecular formula is C21H30O. The minimum absolute atomic E-state index is 0.284. The number of hydrogen-bond donors (Lipinski definition) is 0. The van der Waals surface area contributed by atoms with Crippen molar-refractivity contribution in [3.8, 4) is 0 Å². The van der Waals surface area contributed by atoms with Gasteiger partial charge in [-0.25, -0.2) is 0 Å². The Labute approximate surface area is 136 Å². The summed E-state index contributed by atoms with van der Waals surface area (Å²) in [5.41, 5.74) is 6.76. The summed E-state index contributed by atoms with van der Waals surface area (Å²) in [4.78, 5) is 10.4. The lowest BCUT2D eigenvalue weighted by Crippen LogP contribution is -2.19. The molecule has 120 valence electrons. The monoisotopic (exact) mass is 300 g/mol. The van der Waals surface area contributed by atoms with Gasteiger partial charge in [0.1, 0.15) is 6.29 Å². The van der Waals surface area contributed by atoms with Crippen molar-refractivity contribution in [2.45, 2.75) is 60.8 Å². The number of carbonyl (C=O) groups is 1. The molecule has 1 nitrogen and oxygen atoms in total. The number of hydrogen-bond acceptors (Lipinski definition) is 1. The second-order valence-electron chi connectivity index (χ2n) is 7.01. The van der Waals surface area contributed by atoms with Crippen LogP contribution in [0.25, 0.3) is 0 Å². The van der Waals surface area contributed by atoms with Gasteiger partial charge in [-0.3, -0.25) is 4.79 Å². The van der Waals surface area contributed by atoms with Gasteiger partial charge in [0, 0.05) is 0 Å². The molecular weight excluding hydrogens is 270 g/mol. The highest BCUT2D eigenvalue weighted by Gasteiger charge is 2.26. The lowest BCUT2D eigenvalue weighted by molar-refractivity contribution is -0.104. The summed E-state index contributed by atoms with van der Waals surface area (Å²) in [5.74, 6) is 0. The van der Waals surface area contributed by atoms with Crippen molar-refractivity contribution in [1.29, 1.82) is 0 Å². The summed E-state index contributed by atoms with van der Waals surface area (Å²) >= 11 is 0. The minimum atomic E-state index is 0.284. The van der Waals surface area contributed by atoms with Crippen LogP contribution in [0.4, 0.5) is 0 Å². The molecule has 0 aromatic heterocycles. The molecule has 0 spiro atoms. The van der Waals surface area contributed by atoms with Crippen LogP contribution in [-0.4, -0.2) is 6.29 Å². The molecule has 1 rings (SSSR count). The fourth-order valence-corrected chi connectivity index (χ4v) is 2.90. The van der Waals surface area contributed by atoms with Gasteiger partial charge in [-0.1, -0.05) is 43.7 Å². The highest BCUT2D eigenvalue weighted by atomic mass is 16.1. The Morgan fingerprint density at radius 1 is 1.05 bits per heavy atom. The van der Waals surface area contributed by atoms with Crippen molar-refractivity contribution in [2.75, 3.05) is 0 Å². The van der Waals surface area contributed by atoms with Crippen LogP contribution in [0, 0.1) is 5.41 Å². The molecule has 0 unspecified atom stereocenters. The molecule has 0 N–H and O–H groups in total. The Hall–Kier alpha value is -1.63. The minimum Gasteiger partial charge on any atom is -0.299 e. The van der Waals surface area contributed by atoms with Crippen LogP contribution in [0.2, 0.25) is 0 Å². The van der Waals surface area contributed by atoms with Crippen molar-refractivity contribution in [2.24, 2.45) is 5.41 Å². The second kappa shape index (κ2) is 8.12. The molecule has 0 fully saturated rings. The highest BCUT2D eigenvalue weighted by molar-refractivity contribution is 5.67. The molecule has 0 aromatic carbocycles. The molecule has 0 bridgehead atoms. The summed E-state index contributed by atoms with van der Waals surface area (Å²) in [6, 6.07) is 0. The number of aldehydes is 1. The number of allylic oxidation sites excluding steroid dienone is 10. The lowest BCUT2D eigenvalue weighted by Gasteiger charge is -2.33. The molecule has 1 aliphatic carbocycles. The van der Waals surface area contributed by atoms with E-state index in [2.05, 4.69) is 52.8 Å². The van der Waals surface area contributed by atoms with Gasteiger partial charge in [-0.2, -0.15) is 0 Å². The maximum atomic E-state index is 10.4. The normalized spacial score (nSPS) is 20.7. The smallest absolute Gasteiger partial charge is 0.143 e. The van der Waals surface area contributed by atoms with E-state index in [1.54, 1.807) is 6.08 Å². The van der Waals surface area contributed by atoms with Gasteiger partial charge < -0.3 is 0 Å². The third-order valence-corrected chi connectivity index (χ3v) is 4.59. The van der Waals surface area contributed by atoms with Gasteiger partial charge in [0.2, 0.25) is 0 Å². The summed E-state index contributed by atoms with van der Waals surface area (Å²) in [5, 5.41) is 0. The van der Waals surface area contributed by atoms with Crippen molar-refractivity contribution in [3.05, 3.63) is 58.2 Å². The Morgan fingerprint density at radius 2 is 1.68 bits per heavy atom. The summed E-state index contributed by atoms with van der Waals surface area (Å²) in [6.07, 6.45) is 14.8. The maximum absolute atomic E-state index is 10.4. The Balaban J connectivity index is 2.94. The first-order valence-corrected chi connectivity index (χ1v) is 8.14. The Kier molecular flexibility index (Phi) is 6.80. The van der Waals surface area contributed by atoms with E-state index in [9.17, 15) is 4.79 Å². The summed E-state index contributed by atoms with van der Waals surface area (Å²) in [6.45, 7) is 13.1. The third kappa shape index (κ3) is 5.29. The van der Waals surface area contributed by atoms with E-state index in [1.165, 1.54) is 41.6 Å². The van der Waals surface area contributed by atoms with E-state index in [0.717, 1.165) is 11.9 Å². The van der Waals surface area contributed by atoms with E-state index < -0.39 is 0 Å². The largest absolute Gasteiger partial charge is 0.299 e. The quantitative estimate of drug-likeness (QED) is 0.259. The van der Waals surface area contributed by atoms with E-state index in [-0.39, 0.29) is 5.41 Å². The van der Waals surface area contributed by atoms with Crippen LogP contribution in [0.5, 0.6) is 0 Å². The predicted octanol–water partition coefficient (Wildman–Crippen LogP) is 6.11. The fourth-order valence-electron chi connectivity index (χ4n) is 2.90. The summed E-state index contributed by atoms with van der Waals surface area (Å²) < 4.78 is 0. The summed E-state index contributed by atoms with van der Waals surface area (Å²) in [7, 11) is 0. The molecule has 1 aliphatic rings. The van der Waals surface area contributed by atoms with Crippen LogP contribution in [-0.2, 0) is 4.79 Å². The van der Waals surface area contributed by atoms with Crippen molar-refractivity contribution in [3.63, 3.8) is 0 Å². The van der Waals surface area contributed by atoms with Gasteiger partial charge in [-0.15, -0.1) is 0 Å². The second-order valence-corrected chi connectivity index (χ2v) is 7.01. The zero-order chi connectivity index (χ0) is 16.8. The first kappa shape index (κ1) is 18.4. The van der Waals surface area contributed by atoms with Crippen molar-refractivity contribution >= 4 is 6.29 Å². The molecule has 0 saturated carbocycles. The van der Waals surface area contributed by atoms with Crippen molar-refractivity contribution in [1.82, 2.24) is 0 Å². The molecule has 0 aromatic rings. The lowest BCUT2D eigenvalue weighted by atomic mass is 9.72. The van der Waals surface area contributed by atoms with Gasteiger partial charge in [0.05, 0.1) is 0 Å². The topological polar surface area (TPSA) is 17.1 Å². The van der Waals surface area contributed by atoms with E-state index in [0.29, 0.717) is 0 Å². The van der Waals surface area contributed by atoms with Gasteiger partial charge in [0.25, 0.3) is 0 Å². The highest BCUT2D eigenvalue weighted by Crippen LogP contribution is 2.40. The molecule has 0 saturated heterocycles. The maximum Gasteiger partial charge on any atom is 0.143 e. The molecule has 22 heavy (non-hydrogen) atoms. The Bertz CT molecular complexity index is 563. The van der Waals surface area contributed by atoms with Gasteiger partial charge in [-0.05, 0) is 80.7 Å². The molecule has 0 heterocycles. The van der Waals surface area contributed by atoms with Crippen molar-refractivity contribution < 1.29 is 4.79 Å². The third-order valence-electron chi connectivity index (χ3n) is 4.59.